The van der Waals surface area contributed by atoms with Crippen LogP contribution in [-0.4, -0.2) is 12.4 Å². The van der Waals surface area contributed by atoms with Gasteiger partial charge < -0.3 is 0 Å². The minimum absolute atomic E-state index is 0.151. The van der Waals surface area contributed by atoms with Crippen molar-refractivity contribution >= 4 is 33.5 Å². The third-order valence-electron chi connectivity index (χ3n) is 5.90. The lowest BCUT2D eigenvalue weighted by molar-refractivity contribution is 0.336. The van der Waals surface area contributed by atoms with Crippen LogP contribution in [0.4, 0.5) is 0 Å². The topological polar surface area (TPSA) is 39.1 Å². The van der Waals surface area contributed by atoms with Crippen LogP contribution in [0.1, 0.15) is 37.7 Å². The van der Waals surface area contributed by atoms with Gasteiger partial charge in [-0.25, -0.2) is 12.4 Å². The molecule has 0 N–H and O–H groups in total. The maximum Gasteiger partial charge on any atom is 0.267 e. The zero-order valence-corrected chi connectivity index (χ0v) is 18.5. The number of thioether (sulfide) groups is 2. The third kappa shape index (κ3) is 3.35. The number of fused-ring (bicyclic) bond motifs is 1. The van der Waals surface area contributed by atoms with E-state index in [1.54, 1.807) is 30.5 Å². The first kappa shape index (κ1) is 19.3. The van der Waals surface area contributed by atoms with Crippen LogP contribution in [0.25, 0.3) is 0 Å². The molecule has 0 unspecified atom stereocenters. The predicted molar refractivity (Wildman–Crippen MR) is 120 cm³/mol. The summed E-state index contributed by atoms with van der Waals surface area (Å²) in [6.07, 6.45) is 9.78. The van der Waals surface area contributed by atoms with Crippen molar-refractivity contribution in [3.63, 3.8) is 0 Å². The molecule has 0 atom stereocenters. The molecule has 0 radical (unpaired) electrons. The zero-order valence-electron chi connectivity index (χ0n) is 16.0. The molecule has 29 heavy (non-hydrogen) atoms. The van der Waals surface area contributed by atoms with E-state index in [0.29, 0.717) is 10.8 Å². The van der Waals surface area contributed by atoms with Crippen LogP contribution in [0, 0.1) is 5.92 Å². The Morgan fingerprint density at radius 3 is 2.10 bits per heavy atom. The molecule has 0 amide bonds. The molecule has 1 fully saturated rings. The van der Waals surface area contributed by atoms with Gasteiger partial charge in [-0.15, -0.1) is 23.5 Å². The highest BCUT2D eigenvalue weighted by molar-refractivity contribution is 8.20. The number of nitrogens with zero attached hydrogens (tertiary/aromatic N) is 1. The second-order valence-corrected chi connectivity index (χ2v) is 12.4. The van der Waals surface area contributed by atoms with Crippen molar-refractivity contribution in [3.05, 3.63) is 78.6 Å². The van der Waals surface area contributed by atoms with E-state index in [1.165, 1.54) is 45.9 Å². The molecule has 1 saturated carbocycles. The highest BCUT2D eigenvalue weighted by Crippen LogP contribution is 2.66. The monoisotopic (exact) mass is 441 g/mol. The molecule has 1 aromatic heterocycles. The Morgan fingerprint density at radius 1 is 0.828 bits per heavy atom. The van der Waals surface area contributed by atoms with Crippen LogP contribution in [0.3, 0.4) is 0 Å². The van der Waals surface area contributed by atoms with E-state index in [-0.39, 0.29) is 4.08 Å². The largest absolute Gasteiger partial charge is 0.267 e. The minimum atomic E-state index is -3.57. The van der Waals surface area contributed by atoms with E-state index in [9.17, 15) is 8.42 Å². The first-order chi connectivity index (χ1) is 14.1. The van der Waals surface area contributed by atoms with Gasteiger partial charge >= 0.3 is 0 Å². The Balaban J connectivity index is 1.57. The van der Waals surface area contributed by atoms with Gasteiger partial charge in [0.25, 0.3) is 10.0 Å². The highest BCUT2D eigenvalue weighted by atomic mass is 32.2. The molecule has 6 heteroatoms. The fourth-order valence-corrected chi connectivity index (χ4v) is 9.16. The third-order valence-corrected chi connectivity index (χ3v) is 11.1. The standard InChI is InChI=1S/C23H23NO2S3/c25-29(26,20-11-5-2-6-12-20)24-16-15-19(17-24)23(18-9-3-1-4-10-18)27-21-13-7-8-14-22(21)28-23/h2,5-8,11-18H,1,3-4,9-10H2. The average molecular weight is 442 g/mol. The minimum Gasteiger partial charge on any atom is -0.249 e. The zero-order chi connectivity index (χ0) is 19.9. The molecule has 0 saturated heterocycles. The summed E-state index contributed by atoms with van der Waals surface area (Å²) >= 11 is 3.84. The molecule has 3 aromatic rings. The number of benzene rings is 2. The molecule has 0 spiro atoms. The Kier molecular flexibility index (Phi) is 5.04. The van der Waals surface area contributed by atoms with Crippen molar-refractivity contribution in [2.24, 2.45) is 5.92 Å². The number of hydrogen-bond acceptors (Lipinski definition) is 4. The molecule has 1 aliphatic carbocycles. The summed E-state index contributed by atoms with van der Waals surface area (Å²) < 4.78 is 27.5. The van der Waals surface area contributed by atoms with Crippen molar-refractivity contribution in [1.82, 2.24) is 3.97 Å². The Bertz CT molecular complexity index is 1090. The quantitative estimate of drug-likeness (QED) is 0.472. The van der Waals surface area contributed by atoms with Gasteiger partial charge in [0.15, 0.2) is 0 Å². The van der Waals surface area contributed by atoms with E-state index >= 15 is 0 Å². The smallest absolute Gasteiger partial charge is 0.249 e. The van der Waals surface area contributed by atoms with Crippen LogP contribution in [-0.2, 0) is 14.1 Å². The molecule has 5 rings (SSSR count). The van der Waals surface area contributed by atoms with Crippen LogP contribution in [0.5, 0.6) is 0 Å². The molecule has 150 valence electrons. The fraction of sp³-hybridized carbons (Fsp3) is 0.304. The van der Waals surface area contributed by atoms with Crippen molar-refractivity contribution in [1.29, 1.82) is 0 Å². The summed E-state index contributed by atoms with van der Waals surface area (Å²) in [4.78, 5) is 2.94. The lowest BCUT2D eigenvalue weighted by atomic mass is 9.84. The molecule has 3 nitrogen and oxygen atoms in total. The summed E-state index contributed by atoms with van der Waals surface area (Å²) in [5, 5.41) is 0. The first-order valence-corrected chi connectivity index (χ1v) is 13.1. The fourth-order valence-electron chi connectivity index (χ4n) is 4.42. The van der Waals surface area contributed by atoms with Gasteiger partial charge in [-0.3, -0.25) is 0 Å². The molecule has 2 aromatic carbocycles. The van der Waals surface area contributed by atoms with E-state index in [4.69, 9.17) is 0 Å². The molecule has 1 aliphatic heterocycles. The second-order valence-electron chi connectivity index (χ2n) is 7.70. The average Bonchev–Trinajstić information content (AvgIpc) is 3.41. The van der Waals surface area contributed by atoms with Gasteiger partial charge in [0.05, 0.1) is 8.97 Å². The lowest BCUT2D eigenvalue weighted by Crippen LogP contribution is -2.28. The van der Waals surface area contributed by atoms with E-state index in [0.717, 1.165) is 5.56 Å². The van der Waals surface area contributed by atoms with E-state index in [1.807, 2.05) is 41.9 Å². The summed E-state index contributed by atoms with van der Waals surface area (Å²) in [6, 6.07) is 19.2. The van der Waals surface area contributed by atoms with Crippen molar-refractivity contribution in [3.8, 4) is 0 Å². The van der Waals surface area contributed by atoms with Gasteiger partial charge in [0.2, 0.25) is 0 Å². The van der Waals surface area contributed by atoms with E-state index in [2.05, 4.69) is 24.3 Å². The second kappa shape index (κ2) is 7.56. The summed E-state index contributed by atoms with van der Waals surface area (Å²) in [5.41, 5.74) is 1.11. The maximum absolute atomic E-state index is 13.1. The van der Waals surface area contributed by atoms with Crippen LogP contribution in [0.2, 0.25) is 0 Å². The van der Waals surface area contributed by atoms with Crippen molar-refractivity contribution < 1.29 is 8.42 Å². The number of rotatable bonds is 4. The molecular weight excluding hydrogens is 418 g/mol. The Morgan fingerprint density at radius 2 is 1.45 bits per heavy atom. The maximum atomic E-state index is 13.1. The van der Waals surface area contributed by atoms with Crippen LogP contribution < -0.4 is 0 Å². The van der Waals surface area contributed by atoms with Gasteiger partial charge in [-0.05, 0) is 54.7 Å². The summed E-state index contributed by atoms with van der Waals surface area (Å²) in [7, 11) is -3.57. The van der Waals surface area contributed by atoms with E-state index < -0.39 is 10.0 Å². The first-order valence-electron chi connectivity index (χ1n) is 10.1. The van der Waals surface area contributed by atoms with Crippen molar-refractivity contribution in [2.45, 2.75) is 50.9 Å². The number of hydrogen-bond donors (Lipinski definition) is 0. The van der Waals surface area contributed by atoms with Gasteiger partial charge in [-0.2, -0.15) is 0 Å². The lowest BCUT2D eigenvalue weighted by Gasteiger charge is -2.38. The Labute approximate surface area is 181 Å². The van der Waals surface area contributed by atoms with Crippen LogP contribution >= 0.6 is 23.5 Å². The summed E-state index contributed by atoms with van der Waals surface area (Å²) in [6.45, 7) is 0. The highest BCUT2D eigenvalue weighted by Gasteiger charge is 2.48. The van der Waals surface area contributed by atoms with Crippen LogP contribution in [0.15, 0.2) is 87.7 Å². The molecule has 2 aliphatic rings. The van der Waals surface area contributed by atoms with Gasteiger partial charge in [-0.1, -0.05) is 49.6 Å². The van der Waals surface area contributed by atoms with Gasteiger partial charge in [0.1, 0.15) is 0 Å². The molecular formula is C23H23NO2S3. The number of aromatic nitrogens is 1. The summed E-state index contributed by atoms with van der Waals surface area (Å²) in [5.74, 6) is 0.536. The molecule has 2 heterocycles. The SMILES string of the molecule is O=S(=O)(c1ccccc1)n1ccc(C2(C3CCCCC3)Sc3ccccc3S2)c1. The van der Waals surface area contributed by atoms with Crippen molar-refractivity contribution in [2.75, 3.05) is 0 Å². The van der Waals surface area contributed by atoms with Gasteiger partial charge in [0, 0.05) is 22.2 Å². The molecule has 0 bridgehead atoms. The Hall–Kier alpha value is -1.63. The normalized spacial score (nSPS) is 19.2. The predicted octanol–water partition coefficient (Wildman–Crippen LogP) is 6.36.